The van der Waals surface area contributed by atoms with Crippen LogP contribution < -0.4 is 10.1 Å². The molecule has 0 spiro atoms. The number of carbonyl (C=O) groups is 1. The lowest BCUT2D eigenvalue weighted by Gasteiger charge is -2.14. The molecule has 126 valence electrons. The smallest absolute Gasteiger partial charge is 0.328 e. The van der Waals surface area contributed by atoms with Gasteiger partial charge in [0.1, 0.15) is 10.9 Å². The van der Waals surface area contributed by atoms with Crippen molar-refractivity contribution in [3.8, 4) is 0 Å². The number of carboxylic acid groups (broad SMARTS) is 1. The first-order valence-electron chi connectivity index (χ1n) is 7.53. The highest BCUT2D eigenvalue weighted by molar-refractivity contribution is 7.14. The Morgan fingerprint density at radius 3 is 2.80 bits per heavy atom. The number of fused-ring (bicyclic) bond motifs is 1. The number of carboxylic acids is 1. The lowest BCUT2D eigenvalue weighted by Crippen LogP contribution is -2.34. The largest absolute Gasteiger partial charge is 0.480 e. The molecule has 0 saturated carbocycles. The van der Waals surface area contributed by atoms with E-state index in [1.165, 1.54) is 22.1 Å². The molecule has 0 radical (unpaired) electrons. The number of rotatable bonds is 3. The summed E-state index contributed by atoms with van der Waals surface area (Å²) in [5, 5.41) is 19.1. The van der Waals surface area contributed by atoms with E-state index in [2.05, 4.69) is 15.2 Å². The van der Waals surface area contributed by atoms with E-state index in [0.29, 0.717) is 15.2 Å². The summed E-state index contributed by atoms with van der Waals surface area (Å²) >= 11 is 1.15. The maximum absolute atomic E-state index is 12.3. The summed E-state index contributed by atoms with van der Waals surface area (Å²) in [6.45, 7) is 1.98. The average molecular weight is 355 g/mol. The van der Waals surface area contributed by atoms with Crippen molar-refractivity contribution in [1.29, 1.82) is 0 Å². The fourth-order valence-electron chi connectivity index (χ4n) is 2.66. The molecular formula is C16H13N5O3S. The second kappa shape index (κ2) is 5.78. The van der Waals surface area contributed by atoms with Gasteiger partial charge in [0.15, 0.2) is 6.04 Å². The topological polar surface area (TPSA) is 100 Å². The van der Waals surface area contributed by atoms with Crippen LogP contribution in [0.3, 0.4) is 0 Å². The van der Waals surface area contributed by atoms with Crippen LogP contribution in [0.25, 0.3) is 11.2 Å². The van der Waals surface area contributed by atoms with E-state index in [9.17, 15) is 14.7 Å². The molecule has 4 rings (SSSR count). The molecule has 9 heteroatoms. The fourth-order valence-corrected chi connectivity index (χ4v) is 3.50. The van der Waals surface area contributed by atoms with E-state index in [4.69, 9.17) is 0 Å². The van der Waals surface area contributed by atoms with Gasteiger partial charge in [-0.1, -0.05) is 41.2 Å². The van der Waals surface area contributed by atoms with E-state index in [1.807, 2.05) is 31.2 Å². The summed E-state index contributed by atoms with van der Waals surface area (Å²) in [4.78, 5) is 28.3. The summed E-state index contributed by atoms with van der Waals surface area (Å²) in [6, 6.07) is 6.89. The van der Waals surface area contributed by atoms with Gasteiger partial charge >= 0.3 is 5.97 Å². The lowest BCUT2D eigenvalue weighted by molar-refractivity contribution is -0.141. The highest BCUT2D eigenvalue weighted by Gasteiger charge is 2.32. The van der Waals surface area contributed by atoms with Crippen molar-refractivity contribution in [2.75, 3.05) is 0 Å². The zero-order valence-electron chi connectivity index (χ0n) is 13.2. The van der Waals surface area contributed by atoms with Gasteiger partial charge in [0.25, 0.3) is 5.56 Å². The second-order valence-corrected chi connectivity index (χ2v) is 6.71. The van der Waals surface area contributed by atoms with Gasteiger partial charge in [-0.25, -0.2) is 9.78 Å². The van der Waals surface area contributed by atoms with Gasteiger partial charge in [-0.05, 0) is 12.5 Å². The first-order chi connectivity index (χ1) is 12.0. The molecule has 3 aromatic rings. The van der Waals surface area contributed by atoms with E-state index < -0.39 is 12.0 Å². The standard InChI is InChI=1S/C16H13N5O3S/c1-9-2-4-10(5-3-9)11-6-12(15(23)24)20(19-11)7-13-14(22)21-16(25-13)17-8-18-21/h2-5,7-8,12H,6H2,1H3,(H,23,24)/b13-7-/t12-/m1/s1. The second-order valence-electron chi connectivity index (χ2n) is 5.71. The third kappa shape index (κ3) is 2.68. The fraction of sp³-hybridized carbons (Fsp3) is 0.188. The van der Waals surface area contributed by atoms with Gasteiger partial charge in [0, 0.05) is 12.6 Å². The van der Waals surface area contributed by atoms with Crippen molar-refractivity contribution >= 4 is 34.2 Å². The molecular weight excluding hydrogens is 342 g/mol. The molecule has 1 N–H and O–H groups in total. The number of hydrogen-bond donors (Lipinski definition) is 1. The van der Waals surface area contributed by atoms with Crippen molar-refractivity contribution in [2.45, 2.75) is 19.4 Å². The Morgan fingerprint density at radius 2 is 2.12 bits per heavy atom. The van der Waals surface area contributed by atoms with Gasteiger partial charge in [-0.2, -0.15) is 14.7 Å². The van der Waals surface area contributed by atoms with E-state index in [0.717, 1.165) is 22.5 Å². The van der Waals surface area contributed by atoms with Gasteiger partial charge < -0.3 is 5.11 Å². The maximum Gasteiger partial charge on any atom is 0.328 e. The minimum Gasteiger partial charge on any atom is -0.480 e. The molecule has 0 fully saturated rings. The first kappa shape index (κ1) is 15.5. The molecule has 0 amide bonds. The molecule has 0 saturated heterocycles. The number of aliphatic carboxylic acids is 1. The summed E-state index contributed by atoms with van der Waals surface area (Å²) in [7, 11) is 0. The third-order valence-corrected chi connectivity index (χ3v) is 4.94. The van der Waals surface area contributed by atoms with E-state index in [-0.39, 0.29) is 12.0 Å². The molecule has 2 aromatic heterocycles. The van der Waals surface area contributed by atoms with E-state index in [1.54, 1.807) is 0 Å². The van der Waals surface area contributed by atoms with E-state index >= 15 is 0 Å². The molecule has 3 heterocycles. The zero-order chi connectivity index (χ0) is 17.6. The Morgan fingerprint density at radius 1 is 1.36 bits per heavy atom. The molecule has 0 aliphatic carbocycles. The molecule has 0 unspecified atom stereocenters. The number of nitrogens with zero attached hydrogens (tertiary/aromatic N) is 5. The third-order valence-electron chi connectivity index (χ3n) is 3.98. The van der Waals surface area contributed by atoms with Gasteiger partial charge in [-0.15, -0.1) is 0 Å². The number of hydrazone groups is 1. The maximum atomic E-state index is 12.3. The number of aromatic nitrogens is 3. The first-order valence-corrected chi connectivity index (χ1v) is 8.34. The number of benzene rings is 1. The van der Waals surface area contributed by atoms with Crippen LogP contribution in [0.1, 0.15) is 17.5 Å². The SMILES string of the molecule is Cc1ccc(C2=NN(/C=c3\sc4ncnn4c3=O)[C@@H](C(=O)O)C2)cc1. The summed E-state index contributed by atoms with van der Waals surface area (Å²) < 4.78 is 1.53. The van der Waals surface area contributed by atoms with Crippen LogP contribution >= 0.6 is 11.3 Å². The summed E-state index contributed by atoms with van der Waals surface area (Å²) in [5.41, 5.74) is 2.33. The number of hydrogen-bond acceptors (Lipinski definition) is 7. The highest BCUT2D eigenvalue weighted by Crippen LogP contribution is 2.21. The lowest BCUT2D eigenvalue weighted by atomic mass is 10.0. The quantitative estimate of drug-likeness (QED) is 0.733. The van der Waals surface area contributed by atoms with Crippen LogP contribution in [0, 0.1) is 6.92 Å². The molecule has 8 nitrogen and oxygen atoms in total. The minimum absolute atomic E-state index is 0.268. The summed E-state index contributed by atoms with van der Waals surface area (Å²) in [5.74, 6) is -0.992. The Hall–Kier alpha value is -3.07. The van der Waals surface area contributed by atoms with Crippen molar-refractivity contribution in [3.63, 3.8) is 0 Å². The van der Waals surface area contributed by atoms with Crippen molar-refractivity contribution in [3.05, 3.63) is 56.6 Å². The molecule has 1 atom stereocenters. The normalized spacial score (nSPS) is 18.1. The van der Waals surface area contributed by atoms with Crippen LogP contribution in [0.5, 0.6) is 0 Å². The predicted molar refractivity (Wildman–Crippen MR) is 92.4 cm³/mol. The molecule has 1 aromatic carbocycles. The van der Waals surface area contributed by atoms with Crippen molar-refractivity contribution in [1.82, 2.24) is 19.6 Å². The van der Waals surface area contributed by atoms with Crippen LogP contribution in [0.2, 0.25) is 0 Å². The Balaban J connectivity index is 1.77. The Bertz CT molecular complexity index is 1100. The Labute approximate surface area is 145 Å². The van der Waals surface area contributed by atoms with Crippen LogP contribution in [0.4, 0.5) is 0 Å². The highest BCUT2D eigenvalue weighted by atomic mass is 32.1. The summed E-state index contributed by atoms with van der Waals surface area (Å²) in [6.07, 6.45) is 3.04. The number of thiazole rings is 1. The van der Waals surface area contributed by atoms with Gasteiger partial charge in [0.2, 0.25) is 4.96 Å². The Kier molecular flexibility index (Phi) is 3.57. The van der Waals surface area contributed by atoms with Gasteiger partial charge in [-0.3, -0.25) is 9.80 Å². The molecule has 0 bridgehead atoms. The van der Waals surface area contributed by atoms with Crippen LogP contribution in [-0.2, 0) is 4.79 Å². The van der Waals surface area contributed by atoms with Crippen LogP contribution in [-0.4, -0.2) is 42.4 Å². The zero-order valence-corrected chi connectivity index (χ0v) is 14.0. The molecule has 1 aliphatic heterocycles. The van der Waals surface area contributed by atoms with Crippen molar-refractivity contribution in [2.24, 2.45) is 5.10 Å². The average Bonchev–Trinajstić information content (AvgIpc) is 3.27. The predicted octanol–water partition coefficient (Wildman–Crippen LogP) is 0.480. The number of aryl methyl sites for hydroxylation is 1. The van der Waals surface area contributed by atoms with Crippen molar-refractivity contribution < 1.29 is 9.90 Å². The monoisotopic (exact) mass is 355 g/mol. The molecule has 25 heavy (non-hydrogen) atoms. The molecule has 1 aliphatic rings. The van der Waals surface area contributed by atoms with Gasteiger partial charge in [0.05, 0.1) is 5.71 Å². The van der Waals surface area contributed by atoms with Crippen LogP contribution in [0.15, 0.2) is 40.5 Å². The minimum atomic E-state index is -0.992.